The lowest BCUT2D eigenvalue weighted by Gasteiger charge is -2.15. The zero-order chi connectivity index (χ0) is 18.6. The van der Waals surface area contributed by atoms with Gasteiger partial charge in [0.25, 0.3) is 5.91 Å². The first-order chi connectivity index (χ1) is 11.7. The van der Waals surface area contributed by atoms with Gasteiger partial charge in [0.05, 0.1) is 16.5 Å². The fourth-order valence-electron chi connectivity index (χ4n) is 2.27. The van der Waals surface area contributed by atoms with E-state index in [2.05, 4.69) is 5.32 Å². The average Bonchev–Trinajstić information content (AvgIpc) is 2.87. The smallest absolute Gasteiger partial charge is 0.331 e. The Kier molecular flexibility index (Phi) is 6.18. The first-order valence-electron chi connectivity index (χ1n) is 7.51. The van der Waals surface area contributed by atoms with Gasteiger partial charge in [0.15, 0.2) is 15.9 Å². The van der Waals surface area contributed by atoms with Crippen LogP contribution in [0.4, 0.5) is 4.39 Å². The summed E-state index contributed by atoms with van der Waals surface area (Å²) in [6, 6.07) is 3.48. The van der Waals surface area contributed by atoms with Crippen LogP contribution in [0.15, 0.2) is 24.3 Å². The number of halogens is 2. The van der Waals surface area contributed by atoms with E-state index in [1.54, 1.807) is 0 Å². The summed E-state index contributed by atoms with van der Waals surface area (Å²) in [5.41, 5.74) is 0.497. The lowest BCUT2D eigenvalue weighted by molar-refractivity contribution is -0.150. The van der Waals surface area contributed by atoms with Crippen LogP contribution in [0.3, 0.4) is 0 Å². The fraction of sp³-hybridized carbons (Fsp3) is 0.375. The SMILES string of the molecule is C[C@@H](OC(=O)/C=C/c1ccc(F)c(Cl)c1)C(=O)N[C@@H]1CCS(=O)(=O)C1. The van der Waals surface area contributed by atoms with Crippen LogP contribution in [0.2, 0.25) is 5.02 Å². The Balaban J connectivity index is 1.85. The molecule has 1 fully saturated rings. The third-order valence-electron chi connectivity index (χ3n) is 3.60. The van der Waals surface area contributed by atoms with Gasteiger partial charge >= 0.3 is 5.97 Å². The monoisotopic (exact) mass is 389 g/mol. The highest BCUT2D eigenvalue weighted by molar-refractivity contribution is 7.91. The van der Waals surface area contributed by atoms with E-state index in [4.69, 9.17) is 16.3 Å². The molecular weight excluding hydrogens is 373 g/mol. The quantitative estimate of drug-likeness (QED) is 0.612. The van der Waals surface area contributed by atoms with Gasteiger partial charge < -0.3 is 10.1 Å². The van der Waals surface area contributed by atoms with Crippen LogP contribution in [0, 0.1) is 5.82 Å². The molecule has 9 heteroatoms. The maximum Gasteiger partial charge on any atom is 0.331 e. The van der Waals surface area contributed by atoms with Crippen molar-refractivity contribution in [1.29, 1.82) is 0 Å². The van der Waals surface area contributed by atoms with Crippen LogP contribution in [0.1, 0.15) is 18.9 Å². The Bertz CT molecular complexity index is 809. The molecule has 136 valence electrons. The molecule has 0 radical (unpaired) electrons. The lowest BCUT2D eigenvalue weighted by Crippen LogP contribution is -2.42. The molecule has 1 aromatic carbocycles. The second kappa shape index (κ2) is 7.97. The fourth-order valence-corrected chi connectivity index (χ4v) is 4.14. The van der Waals surface area contributed by atoms with Gasteiger partial charge in [-0.25, -0.2) is 17.6 Å². The summed E-state index contributed by atoms with van der Waals surface area (Å²) >= 11 is 5.64. The second-order valence-corrected chi connectivity index (χ2v) is 8.33. The summed E-state index contributed by atoms with van der Waals surface area (Å²) in [7, 11) is -3.11. The van der Waals surface area contributed by atoms with Crippen molar-refractivity contribution in [2.75, 3.05) is 11.5 Å². The maximum absolute atomic E-state index is 13.0. The predicted octanol–water partition coefficient (Wildman–Crippen LogP) is 1.73. The van der Waals surface area contributed by atoms with E-state index in [1.807, 2.05) is 0 Å². The van der Waals surface area contributed by atoms with Crippen molar-refractivity contribution >= 4 is 39.4 Å². The summed E-state index contributed by atoms with van der Waals surface area (Å²) in [5, 5.41) is 2.47. The van der Waals surface area contributed by atoms with E-state index in [0.717, 1.165) is 6.08 Å². The standard InChI is InChI=1S/C16H17ClFNO5S/c1-10(16(21)19-12-6-7-25(22,23)9-12)24-15(20)5-3-11-2-4-14(18)13(17)8-11/h2-5,8,10,12H,6-7,9H2,1H3,(H,19,21)/b5-3+/t10-,12-/m1/s1. The van der Waals surface area contributed by atoms with Gasteiger partial charge in [-0.2, -0.15) is 0 Å². The number of amides is 1. The van der Waals surface area contributed by atoms with Gasteiger partial charge in [-0.1, -0.05) is 17.7 Å². The van der Waals surface area contributed by atoms with E-state index < -0.39 is 39.7 Å². The molecule has 0 spiro atoms. The lowest BCUT2D eigenvalue weighted by atomic mass is 10.2. The molecular formula is C16H17ClFNO5S. The number of ether oxygens (including phenoxy) is 1. The molecule has 1 aromatic rings. The number of esters is 1. The van der Waals surface area contributed by atoms with Crippen LogP contribution in [0.25, 0.3) is 6.08 Å². The Labute approximate surface area is 149 Å². The van der Waals surface area contributed by atoms with Crippen LogP contribution in [0.5, 0.6) is 0 Å². The number of sulfone groups is 1. The van der Waals surface area contributed by atoms with Crippen molar-refractivity contribution in [1.82, 2.24) is 5.32 Å². The Morgan fingerprint density at radius 2 is 2.16 bits per heavy atom. The molecule has 1 heterocycles. The van der Waals surface area contributed by atoms with Crippen molar-refractivity contribution < 1.29 is 27.1 Å². The molecule has 1 N–H and O–H groups in total. The van der Waals surface area contributed by atoms with Crippen molar-refractivity contribution in [3.63, 3.8) is 0 Å². The average molecular weight is 390 g/mol. The molecule has 0 saturated carbocycles. The van der Waals surface area contributed by atoms with Gasteiger partial charge in [-0.15, -0.1) is 0 Å². The number of hydrogen-bond acceptors (Lipinski definition) is 5. The first-order valence-corrected chi connectivity index (χ1v) is 9.71. The molecule has 0 aliphatic carbocycles. The minimum atomic E-state index is -3.11. The van der Waals surface area contributed by atoms with Crippen LogP contribution < -0.4 is 5.32 Å². The van der Waals surface area contributed by atoms with Gasteiger partial charge in [-0.05, 0) is 37.1 Å². The molecule has 1 saturated heterocycles. The molecule has 1 amide bonds. The van der Waals surface area contributed by atoms with Crippen LogP contribution in [-0.4, -0.2) is 43.9 Å². The van der Waals surface area contributed by atoms with Gasteiger partial charge in [0.2, 0.25) is 0 Å². The van der Waals surface area contributed by atoms with Gasteiger partial charge in [0.1, 0.15) is 5.82 Å². The van der Waals surface area contributed by atoms with Crippen LogP contribution in [-0.2, 0) is 24.2 Å². The minimum Gasteiger partial charge on any atom is -0.449 e. The predicted molar refractivity (Wildman–Crippen MR) is 91.2 cm³/mol. The first kappa shape index (κ1) is 19.4. The third-order valence-corrected chi connectivity index (χ3v) is 5.65. The summed E-state index contributed by atoms with van der Waals surface area (Å²) < 4.78 is 40.7. The molecule has 6 nitrogen and oxygen atoms in total. The van der Waals surface area contributed by atoms with E-state index in [9.17, 15) is 22.4 Å². The maximum atomic E-state index is 13.0. The summed E-state index contributed by atoms with van der Waals surface area (Å²) in [4.78, 5) is 23.7. The van der Waals surface area contributed by atoms with Gasteiger partial charge in [-0.3, -0.25) is 4.79 Å². The third kappa shape index (κ3) is 5.82. The number of carbonyl (C=O) groups is 2. The number of carbonyl (C=O) groups excluding carboxylic acids is 2. The Hall–Kier alpha value is -1.93. The van der Waals surface area contributed by atoms with E-state index in [-0.39, 0.29) is 16.5 Å². The molecule has 1 aliphatic heterocycles. The number of rotatable bonds is 5. The van der Waals surface area contributed by atoms with Crippen molar-refractivity contribution in [3.05, 3.63) is 40.7 Å². The number of hydrogen-bond donors (Lipinski definition) is 1. The summed E-state index contributed by atoms with van der Waals surface area (Å²) in [6.07, 6.45) is 1.74. The number of nitrogens with one attached hydrogen (secondary N) is 1. The van der Waals surface area contributed by atoms with E-state index in [1.165, 1.54) is 31.2 Å². The largest absolute Gasteiger partial charge is 0.449 e. The number of benzene rings is 1. The van der Waals surface area contributed by atoms with Crippen LogP contribution >= 0.6 is 11.6 Å². The van der Waals surface area contributed by atoms with E-state index in [0.29, 0.717) is 12.0 Å². The summed E-state index contributed by atoms with van der Waals surface area (Å²) in [6.45, 7) is 1.39. The Morgan fingerprint density at radius 3 is 2.76 bits per heavy atom. The van der Waals surface area contributed by atoms with Crippen molar-refractivity contribution in [2.24, 2.45) is 0 Å². The highest BCUT2D eigenvalue weighted by Crippen LogP contribution is 2.17. The highest BCUT2D eigenvalue weighted by atomic mass is 35.5. The Morgan fingerprint density at radius 1 is 1.44 bits per heavy atom. The molecule has 1 aliphatic rings. The van der Waals surface area contributed by atoms with Crippen molar-refractivity contribution in [3.8, 4) is 0 Å². The van der Waals surface area contributed by atoms with Crippen molar-refractivity contribution in [2.45, 2.75) is 25.5 Å². The minimum absolute atomic E-state index is 0.0368. The zero-order valence-corrected chi connectivity index (χ0v) is 14.9. The zero-order valence-electron chi connectivity index (χ0n) is 13.4. The molecule has 0 aromatic heterocycles. The normalized spacial score (nSPS) is 20.4. The van der Waals surface area contributed by atoms with Gasteiger partial charge in [0, 0.05) is 12.1 Å². The highest BCUT2D eigenvalue weighted by Gasteiger charge is 2.30. The molecule has 0 bridgehead atoms. The topological polar surface area (TPSA) is 89.5 Å². The van der Waals surface area contributed by atoms with E-state index >= 15 is 0 Å². The second-order valence-electron chi connectivity index (χ2n) is 5.69. The molecule has 0 unspecified atom stereocenters. The summed E-state index contributed by atoms with van der Waals surface area (Å²) in [5.74, 6) is -1.96. The molecule has 2 rings (SSSR count). The molecule has 25 heavy (non-hydrogen) atoms. The molecule has 2 atom stereocenters.